The maximum absolute atomic E-state index is 13.5. The van der Waals surface area contributed by atoms with Gasteiger partial charge in [0.2, 0.25) is 0 Å². The van der Waals surface area contributed by atoms with E-state index in [2.05, 4.69) is 30.9 Å². The highest BCUT2D eigenvalue weighted by molar-refractivity contribution is 5.88. The monoisotopic (exact) mass is 588 g/mol. The van der Waals surface area contributed by atoms with Crippen molar-refractivity contribution in [1.29, 1.82) is 0 Å². The first-order chi connectivity index (χ1) is 20.3. The zero-order valence-corrected chi connectivity index (χ0v) is 27.4. The number of aryl methyl sites for hydroxylation is 2. The summed E-state index contributed by atoms with van der Waals surface area (Å²) in [6.07, 6.45) is 1.20. The van der Waals surface area contributed by atoms with Crippen molar-refractivity contribution < 1.29 is 23.7 Å². The second-order valence-electron chi connectivity index (χ2n) is 13.1. The number of piperidine rings is 1. The van der Waals surface area contributed by atoms with E-state index in [1.807, 2.05) is 77.9 Å². The smallest absolute Gasteiger partial charge is 0.340 e. The van der Waals surface area contributed by atoms with Gasteiger partial charge in [0.1, 0.15) is 18.1 Å². The standard InChI is InChI=1S/C36H48N2O5/c1-10-41-34(39)33(43-35(4,5)6)31-25(3)37-24(2)30(32(31)38-21-19-36(7,8)20-22-38)27-13-17-29(18-14-27)42-23-26-11-15-28(40-9)16-12-26/h11-18,33H,10,19-23H2,1-9H3. The number of benzene rings is 2. The van der Waals surface area contributed by atoms with Gasteiger partial charge in [0.25, 0.3) is 0 Å². The Bertz CT molecular complexity index is 1380. The van der Waals surface area contributed by atoms with Crippen molar-refractivity contribution in [2.75, 3.05) is 31.7 Å². The minimum Gasteiger partial charge on any atom is -0.497 e. The molecular weight excluding hydrogens is 540 g/mol. The maximum atomic E-state index is 13.5. The minimum absolute atomic E-state index is 0.263. The van der Waals surface area contributed by atoms with Gasteiger partial charge in [-0.1, -0.05) is 38.1 Å². The van der Waals surface area contributed by atoms with Crippen molar-refractivity contribution in [1.82, 2.24) is 4.98 Å². The van der Waals surface area contributed by atoms with Crippen LogP contribution in [0.15, 0.2) is 48.5 Å². The van der Waals surface area contributed by atoms with Crippen LogP contribution in [0.2, 0.25) is 0 Å². The lowest BCUT2D eigenvalue weighted by Crippen LogP contribution is -2.39. The first-order valence-corrected chi connectivity index (χ1v) is 15.3. The maximum Gasteiger partial charge on any atom is 0.340 e. The van der Waals surface area contributed by atoms with E-state index in [0.717, 1.165) is 76.8 Å². The van der Waals surface area contributed by atoms with Gasteiger partial charge in [0.15, 0.2) is 6.10 Å². The fourth-order valence-corrected chi connectivity index (χ4v) is 5.57. The van der Waals surface area contributed by atoms with Crippen molar-refractivity contribution >= 4 is 11.7 Å². The predicted molar refractivity (Wildman–Crippen MR) is 172 cm³/mol. The number of anilines is 1. The first kappa shape index (κ1) is 32.3. The van der Waals surface area contributed by atoms with Crippen molar-refractivity contribution in [3.05, 3.63) is 71.0 Å². The Hall–Kier alpha value is -3.58. The molecule has 1 aromatic heterocycles. The van der Waals surface area contributed by atoms with Crippen LogP contribution < -0.4 is 14.4 Å². The number of hydrogen-bond acceptors (Lipinski definition) is 7. The van der Waals surface area contributed by atoms with Crippen LogP contribution in [0, 0.1) is 19.3 Å². The van der Waals surface area contributed by atoms with Gasteiger partial charge in [0, 0.05) is 35.6 Å². The molecule has 0 aliphatic carbocycles. The molecule has 2 heterocycles. The van der Waals surface area contributed by atoms with E-state index in [9.17, 15) is 4.79 Å². The average molecular weight is 589 g/mol. The molecule has 7 heteroatoms. The summed E-state index contributed by atoms with van der Waals surface area (Å²) < 4.78 is 23.4. The lowest BCUT2D eigenvalue weighted by molar-refractivity contribution is -0.166. The van der Waals surface area contributed by atoms with E-state index in [4.69, 9.17) is 23.9 Å². The zero-order valence-electron chi connectivity index (χ0n) is 27.4. The molecule has 1 atom stereocenters. The molecule has 0 amide bonds. The van der Waals surface area contributed by atoms with Gasteiger partial charge >= 0.3 is 5.97 Å². The SMILES string of the molecule is CCOC(=O)C(OC(C)(C)C)c1c(C)nc(C)c(-c2ccc(OCc3ccc(OC)cc3)cc2)c1N1CCC(C)(C)CC1. The molecule has 1 aliphatic heterocycles. The summed E-state index contributed by atoms with van der Waals surface area (Å²) in [5, 5.41) is 0. The molecule has 1 saturated heterocycles. The number of carbonyl (C=O) groups excluding carboxylic acids is 1. The number of pyridine rings is 1. The molecule has 7 nitrogen and oxygen atoms in total. The minimum atomic E-state index is -0.899. The van der Waals surface area contributed by atoms with E-state index in [0.29, 0.717) is 6.61 Å². The van der Waals surface area contributed by atoms with Gasteiger partial charge in [0.05, 0.1) is 25.0 Å². The second-order valence-corrected chi connectivity index (χ2v) is 13.1. The molecule has 0 radical (unpaired) electrons. The van der Waals surface area contributed by atoms with E-state index >= 15 is 0 Å². The lowest BCUT2D eigenvalue weighted by Gasteiger charge is -2.41. The molecule has 1 aliphatic rings. The molecule has 0 spiro atoms. The predicted octanol–water partition coefficient (Wildman–Crippen LogP) is 8.00. The lowest BCUT2D eigenvalue weighted by atomic mass is 9.82. The number of hydrogen-bond donors (Lipinski definition) is 0. The van der Waals surface area contributed by atoms with Crippen LogP contribution in [0.1, 0.15) is 83.0 Å². The number of methoxy groups -OCH3 is 1. The van der Waals surface area contributed by atoms with Crippen molar-refractivity contribution in [3.63, 3.8) is 0 Å². The van der Waals surface area contributed by atoms with Gasteiger partial charge < -0.3 is 23.8 Å². The van der Waals surface area contributed by atoms with Crippen LogP contribution in [0.5, 0.6) is 11.5 Å². The van der Waals surface area contributed by atoms with Crippen LogP contribution in [-0.4, -0.2) is 43.4 Å². The molecule has 0 N–H and O–H groups in total. The van der Waals surface area contributed by atoms with Crippen LogP contribution in [0.3, 0.4) is 0 Å². The Morgan fingerprint density at radius 3 is 2.12 bits per heavy atom. The third-order valence-corrected chi connectivity index (χ3v) is 7.95. The summed E-state index contributed by atoms with van der Waals surface area (Å²) in [5.41, 5.74) is 6.26. The summed E-state index contributed by atoms with van der Waals surface area (Å²) in [5.74, 6) is 1.21. The third kappa shape index (κ3) is 8.08. The molecule has 3 aromatic rings. The Morgan fingerprint density at radius 2 is 1.56 bits per heavy atom. The Labute approximate surface area is 257 Å². The zero-order chi connectivity index (χ0) is 31.4. The van der Waals surface area contributed by atoms with Crippen LogP contribution in [0.25, 0.3) is 11.1 Å². The number of nitrogens with zero attached hydrogens (tertiary/aromatic N) is 2. The number of esters is 1. The van der Waals surface area contributed by atoms with Gasteiger partial charge in [-0.25, -0.2) is 4.79 Å². The summed E-state index contributed by atoms with van der Waals surface area (Å²) in [4.78, 5) is 20.9. The average Bonchev–Trinajstić information content (AvgIpc) is 2.95. The molecular formula is C36H48N2O5. The highest BCUT2D eigenvalue weighted by Crippen LogP contribution is 2.45. The fraction of sp³-hybridized carbons (Fsp3) is 0.500. The normalized spacial score (nSPS) is 15.6. The van der Waals surface area contributed by atoms with Crippen LogP contribution >= 0.6 is 0 Å². The number of ether oxygens (including phenoxy) is 4. The summed E-state index contributed by atoms with van der Waals surface area (Å²) in [6, 6.07) is 16.0. The van der Waals surface area contributed by atoms with Crippen molar-refractivity contribution in [3.8, 4) is 22.6 Å². The van der Waals surface area contributed by atoms with Gasteiger partial charge in [-0.2, -0.15) is 0 Å². The molecule has 0 bridgehead atoms. The van der Waals surface area contributed by atoms with Gasteiger partial charge in [-0.3, -0.25) is 4.98 Å². The number of carbonyl (C=O) groups is 1. The molecule has 1 fully saturated rings. The number of aromatic nitrogens is 1. The Balaban J connectivity index is 1.77. The molecule has 43 heavy (non-hydrogen) atoms. The first-order valence-electron chi connectivity index (χ1n) is 15.3. The molecule has 4 rings (SSSR count). The molecule has 232 valence electrons. The summed E-state index contributed by atoms with van der Waals surface area (Å²) >= 11 is 0. The third-order valence-electron chi connectivity index (χ3n) is 7.95. The summed E-state index contributed by atoms with van der Waals surface area (Å²) in [6.45, 7) is 18.9. The highest BCUT2D eigenvalue weighted by atomic mass is 16.6. The summed E-state index contributed by atoms with van der Waals surface area (Å²) in [7, 11) is 1.66. The number of rotatable bonds is 10. The van der Waals surface area contributed by atoms with E-state index in [-0.39, 0.29) is 12.0 Å². The van der Waals surface area contributed by atoms with Crippen LogP contribution in [0.4, 0.5) is 5.69 Å². The fourth-order valence-electron chi connectivity index (χ4n) is 5.57. The molecule has 2 aromatic carbocycles. The molecule has 1 unspecified atom stereocenters. The second kappa shape index (κ2) is 13.4. The highest BCUT2D eigenvalue weighted by Gasteiger charge is 2.37. The van der Waals surface area contributed by atoms with Crippen molar-refractivity contribution in [2.45, 2.75) is 86.5 Å². The van der Waals surface area contributed by atoms with E-state index in [1.54, 1.807) is 7.11 Å². The quantitative estimate of drug-likeness (QED) is 0.222. The van der Waals surface area contributed by atoms with E-state index < -0.39 is 17.7 Å². The topological polar surface area (TPSA) is 70.1 Å². The van der Waals surface area contributed by atoms with Gasteiger partial charge in [-0.05, 0) is 95.2 Å². The Morgan fingerprint density at radius 1 is 0.953 bits per heavy atom. The molecule has 0 saturated carbocycles. The van der Waals surface area contributed by atoms with E-state index in [1.165, 1.54) is 0 Å². The van der Waals surface area contributed by atoms with Gasteiger partial charge in [-0.15, -0.1) is 0 Å². The largest absolute Gasteiger partial charge is 0.497 e. The van der Waals surface area contributed by atoms with Crippen LogP contribution in [-0.2, 0) is 20.9 Å². The van der Waals surface area contributed by atoms with Crippen molar-refractivity contribution in [2.24, 2.45) is 5.41 Å². The Kier molecular flexibility index (Phi) is 10.1.